The van der Waals surface area contributed by atoms with Crippen molar-refractivity contribution in [1.82, 2.24) is 19.5 Å². The highest BCUT2D eigenvalue weighted by Gasteiger charge is 2.19. The number of rotatable bonds is 6. The van der Waals surface area contributed by atoms with Crippen molar-refractivity contribution in [2.75, 3.05) is 19.0 Å². The molecule has 0 aliphatic carbocycles. The van der Waals surface area contributed by atoms with Crippen LogP contribution < -0.4 is 4.90 Å². The van der Waals surface area contributed by atoms with Crippen LogP contribution in [0.2, 0.25) is 5.15 Å². The fraction of sp³-hybridized carbons (Fsp3) is 0.476. The molecular weight excluding hydrogens is 358 g/mol. The summed E-state index contributed by atoms with van der Waals surface area (Å²) in [5.41, 5.74) is 5.74. The Morgan fingerprint density at radius 1 is 1.15 bits per heavy atom. The second-order valence-corrected chi connectivity index (χ2v) is 7.53. The van der Waals surface area contributed by atoms with Gasteiger partial charge in [0.05, 0.1) is 0 Å². The van der Waals surface area contributed by atoms with Crippen molar-refractivity contribution in [2.24, 2.45) is 0 Å². The third kappa shape index (κ3) is 3.53. The molecule has 5 nitrogen and oxygen atoms in total. The molecule has 0 unspecified atom stereocenters. The molecule has 27 heavy (non-hydrogen) atoms. The van der Waals surface area contributed by atoms with Crippen molar-refractivity contribution in [3.63, 3.8) is 0 Å². The van der Waals surface area contributed by atoms with Crippen LogP contribution in [0.1, 0.15) is 50.8 Å². The molecule has 0 N–H and O–H groups in total. The summed E-state index contributed by atoms with van der Waals surface area (Å²) in [6, 6.07) is 2.50. The Hall–Kier alpha value is -2.14. The summed E-state index contributed by atoms with van der Waals surface area (Å²) in [7, 11) is 3.98. The van der Waals surface area contributed by atoms with Gasteiger partial charge >= 0.3 is 0 Å². The molecule has 6 heteroatoms. The number of fused-ring (bicyclic) bond motifs is 1. The normalized spacial score (nSPS) is 11.6. The van der Waals surface area contributed by atoms with E-state index >= 15 is 0 Å². The van der Waals surface area contributed by atoms with E-state index in [0.717, 1.165) is 47.4 Å². The fourth-order valence-corrected chi connectivity index (χ4v) is 3.77. The van der Waals surface area contributed by atoms with Crippen molar-refractivity contribution < 1.29 is 0 Å². The van der Waals surface area contributed by atoms with Gasteiger partial charge in [0.1, 0.15) is 17.0 Å². The summed E-state index contributed by atoms with van der Waals surface area (Å²) in [5.74, 6) is 0.928. The highest BCUT2D eigenvalue weighted by molar-refractivity contribution is 6.32. The molecule has 0 radical (unpaired) electrons. The average molecular weight is 386 g/mol. The van der Waals surface area contributed by atoms with Crippen molar-refractivity contribution in [3.8, 4) is 11.3 Å². The van der Waals surface area contributed by atoms with Crippen molar-refractivity contribution in [3.05, 3.63) is 34.7 Å². The van der Waals surface area contributed by atoms with Crippen molar-refractivity contribution in [2.45, 2.75) is 53.0 Å². The number of nitrogens with zero attached hydrogens (tertiary/aromatic N) is 5. The Morgan fingerprint density at radius 3 is 2.44 bits per heavy atom. The van der Waals surface area contributed by atoms with Gasteiger partial charge in [0, 0.05) is 38.1 Å². The monoisotopic (exact) mass is 385 g/mol. The van der Waals surface area contributed by atoms with E-state index in [1.54, 1.807) is 0 Å². The van der Waals surface area contributed by atoms with Gasteiger partial charge < -0.3 is 9.47 Å². The molecule has 0 fully saturated rings. The zero-order valence-corrected chi connectivity index (χ0v) is 17.8. The molecule has 3 heterocycles. The topological polar surface area (TPSA) is 46.8 Å². The first-order chi connectivity index (χ1) is 12.9. The lowest BCUT2D eigenvalue weighted by atomic mass is 10.0. The Bertz CT molecular complexity index is 957. The predicted molar refractivity (Wildman–Crippen MR) is 114 cm³/mol. The Morgan fingerprint density at radius 2 is 1.85 bits per heavy atom. The molecule has 144 valence electrons. The molecular formula is C21H28ClN5. The first-order valence-corrected chi connectivity index (χ1v) is 10.00. The smallest absolute Gasteiger partial charge is 0.160 e. The van der Waals surface area contributed by atoms with E-state index in [1.807, 2.05) is 25.2 Å². The summed E-state index contributed by atoms with van der Waals surface area (Å²) in [5, 5.41) is 0.432. The van der Waals surface area contributed by atoms with E-state index < -0.39 is 0 Å². The van der Waals surface area contributed by atoms with Gasteiger partial charge in [-0.1, -0.05) is 32.4 Å². The van der Waals surface area contributed by atoms with E-state index in [0.29, 0.717) is 16.9 Å². The van der Waals surface area contributed by atoms with Crippen molar-refractivity contribution in [1.29, 1.82) is 0 Å². The lowest BCUT2D eigenvalue weighted by Crippen LogP contribution is -2.11. The lowest BCUT2D eigenvalue weighted by Gasteiger charge is -2.17. The first kappa shape index (κ1) is 19.6. The highest BCUT2D eigenvalue weighted by atomic mass is 35.5. The standard InChI is InChI=1S/C21H28ClN5/c1-7-14-10-17(26(5)6)23-11-16(14)19-20(22)25-21-18(24-19)13(4)12-27(21)15(8-2)9-3/h10-12,15H,7-9H2,1-6H3. The molecule has 3 aromatic rings. The van der Waals surface area contributed by atoms with Gasteiger partial charge in [-0.25, -0.2) is 15.0 Å². The molecule has 0 atom stereocenters. The van der Waals surface area contributed by atoms with E-state index in [4.69, 9.17) is 21.6 Å². The number of halogens is 1. The van der Waals surface area contributed by atoms with Gasteiger partial charge in [-0.2, -0.15) is 0 Å². The van der Waals surface area contributed by atoms with Crippen LogP contribution in [0.15, 0.2) is 18.5 Å². The number of pyridine rings is 1. The number of hydrogen-bond donors (Lipinski definition) is 0. The van der Waals surface area contributed by atoms with E-state index in [-0.39, 0.29) is 0 Å². The average Bonchev–Trinajstić information content (AvgIpc) is 2.97. The van der Waals surface area contributed by atoms with E-state index in [9.17, 15) is 0 Å². The summed E-state index contributed by atoms with van der Waals surface area (Å²) in [4.78, 5) is 16.2. The van der Waals surface area contributed by atoms with Crippen LogP contribution in [0.3, 0.4) is 0 Å². The first-order valence-electron chi connectivity index (χ1n) is 9.62. The van der Waals surface area contributed by atoms with Gasteiger partial charge in [-0.3, -0.25) is 0 Å². The maximum atomic E-state index is 6.62. The van der Waals surface area contributed by atoms with Crippen LogP contribution in [-0.4, -0.2) is 33.6 Å². The SMILES string of the molecule is CCc1cc(N(C)C)ncc1-c1nc2c(C)cn(C(CC)CC)c2nc1Cl. The van der Waals surface area contributed by atoms with Gasteiger partial charge in [0.15, 0.2) is 10.8 Å². The predicted octanol–water partition coefficient (Wildman–Crippen LogP) is 5.44. The minimum Gasteiger partial charge on any atom is -0.363 e. The molecule has 0 aromatic carbocycles. The van der Waals surface area contributed by atoms with E-state index in [2.05, 4.69) is 49.5 Å². The molecule has 0 spiro atoms. The summed E-state index contributed by atoms with van der Waals surface area (Å²) >= 11 is 6.62. The summed E-state index contributed by atoms with van der Waals surface area (Å²) in [6.07, 6.45) is 7.00. The molecule has 0 amide bonds. The van der Waals surface area contributed by atoms with Crippen LogP contribution >= 0.6 is 11.6 Å². The summed E-state index contributed by atoms with van der Waals surface area (Å²) < 4.78 is 2.22. The third-order valence-electron chi connectivity index (χ3n) is 5.19. The zero-order valence-electron chi connectivity index (χ0n) is 17.0. The third-order valence-corrected chi connectivity index (χ3v) is 5.45. The second-order valence-electron chi connectivity index (χ2n) is 7.17. The van der Waals surface area contributed by atoms with Gasteiger partial charge in [0.2, 0.25) is 0 Å². The molecule has 0 aliphatic heterocycles. The number of aromatic nitrogens is 4. The van der Waals surface area contributed by atoms with Crippen LogP contribution in [0.5, 0.6) is 0 Å². The zero-order chi connectivity index (χ0) is 19.7. The van der Waals surface area contributed by atoms with Crippen LogP contribution in [0.4, 0.5) is 5.82 Å². The largest absolute Gasteiger partial charge is 0.363 e. The van der Waals surface area contributed by atoms with E-state index in [1.165, 1.54) is 5.56 Å². The van der Waals surface area contributed by atoms with Gasteiger partial charge in [0.25, 0.3) is 0 Å². The maximum Gasteiger partial charge on any atom is 0.160 e. The lowest BCUT2D eigenvalue weighted by molar-refractivity contribution is 0.482. The Balaban J connectivity index is 2.20. The molecule has 0 bridgehead atoms. The minimum atomic E-state index is 0.407. The van der Waals surface area contributed by atoms with Crippen molar-refractivity contribution >= 4 is 28.6 Å². The molecule has 0 aliphatic rings. The highest BCUT2D eigenvalue weighted by Crippen LogP contribution is 2.33. The number of hydrogen-bond acceptors (Lipinski definition) is 4. The number of aryl methyl sites for hydroxylation is 2. The second kappa shape index (κ2) is 7.85. The quantitative estimate of drug-likeness (QED) is 0.566. The fourth-order valence-electron chi connectivity index (χ4n) is 3.55. The number of anilines is 1. The Kier molecular flexibility index (Phi) is 5.70. The molecule has 3 rings (SSSR count). The summed E-state index contributed by atoms with van der Waals surface area (Å²) in [6.45, 7) is 8.61. The maximum absolute atomic E-state index is 6.62. The molecule has 0 saturated heterocycles. The van der Waals surface area contributed by atoms with Gasteiger partial charge in [-0.05, 0) is 43.4 Å². The molecule has 3 aromatic heterocycles. The molecule has 0 saturated carbocycles. The minimum absolute atomic E-state index is 0.407. The van der Waals surface area contributed by atoms with Crippen LogP contribution in [0.25, 0.3) is 22.4 Å². The van der Waals surface area contributed by atoms with Crippen LogP contribution in [-0.2, 0) is 6.42 Å². The Labute approximate surface area is 166 Å². The van der Waals surface area contributed by atoms with Crippen LogP contribution in [0, 0.1) is 6.92 Å². The van der Waals surface area contributed by atoms with Gasteiger partial charge in [-0.15, -0.1) is 0 Å².